The Morgan fingerprint density at radius 3 is 2.69 bits per heavy atom. The normalized spacial score (nSPS) is 13.6. The third-order valence-corrected chi connectivity index (χ3v) is 1.99. The fraction of sp³-hybridized carbons (Fsp3) is 0.500. The summed E-state index contributed by atoms with van der Waals surface area (Å²) in [5.74, 6) is 0.509. The van der Waals surface area contributed by atoms with Gasteiger partial charge in [0.1, 0.15) is 5.82 Å². The number of nitrogens with zero attached hydrogens (tertiary/aromatic N) is 1. The Morgan fingerprint density at radius 2 is 2.12 bits per heavy atom. The predicted molar refractivity (Wildman–Crippen MR) is 54.1 cm³/mol. The molecule has 1 rings (SSSR count). The molecule has 0 aliphatic heterocycles. The molecule has 1 aromatic rings. The summed E-state index contributed by atoms with van der Waals surface area (Å²) >= 11 is 0. The van der Waals surface area contributed by atoms with Gasteiger partial charge in [0.05, 0.1) is 0 Å². The molecule has 1 heterocycles. The Morgan fingerprint density at radius 1 is 1.44 bits per heavy atom. The summed E-state index contributed by atoms with van der Waals surface area (Å²) in [4.78, 5) is 4.06. The fourth-order valence-electron chi connectivity index (χ4n) is 1.14. The second kappa shape index (κ2) is 5.16. The van der Waals surface area contributed by atoms with Crippen LogP contribution < -0.4 is 5.32 Å². The molecule has 16 heavy (non-hydrogen) atoms. The van der Waals surface area contributed by atoms with Gasteiger partial charge in [0, 0.05) is 12.2 Å². The highest BCUT2D eigenvalue weighted by Crippen LogP contribution is 2.22. The standard InChI is InChI=1S/C10H13F3N2O/c1-7-3-2-4-9(15-7)14-6-5-8(16)10(11,12)13/h2-4,8,16H,5-6H2,1H3,(H,14,15). The van der Waals surface area contributed by atoms with Crippen LogP contribution in [-0.2, 0) is 0 Å². The van der Waals surface area contributed by atoms with Gasteiger partial charge in [0.15, 0.2) is 6.10 Å². The summed E-state index contributed by atoms with van der Waals surface area (Å²) in [5, 5.41) is 11.5. The van der Waals surface area contributed by atoms with Gasteiger partial charge >= 0.3 is 6.18 Å². The minimum atomic E-state index is -4.55. The van der Waals surface area contributed by atoms with Crippen LogP contribution in [0.4, 0.5) is 19.0 Å². The lowest BCUT2D eigenvalue weighted by Gasteiger charge is -2.14. The Labute approximate surface area is 91.3 Å². The first-order valence-electron chi connectivity index (χ1n) is 4.82. The zero-order valence-electron chi connectivity index (χ0n) is 8.75. The van der Waals surface area contributed by atoms with Crippen LogP contribution in [0.1, 0.15) is 12.1 Å². The number of nitrogens with one attached hydrogen (secondary N) is 1. The molecule has 1 unspecified atom stereocenters. The number of alkyl halides is 3. The Hall–Kier alpha value is -1.30. The van der Waals surface area contributed by atoms with Crippen LogP contribution in [0.15, 0.2) is 18.2 Å². The molecular formula is C10H13F3N2O. The van der Waals surface area contributed by atoms with Crippen molar-refractivity contribution in [2.24, 2.45) is 0 Å². The first kappa shape index (κ1) is 12.8. The minimum absolute atomic E-state index is 0.0249. The van der Waals surface area contributed by atoms with Gasteiger partial charge in [0.2, 0.25) is 0 Å². The molecule has 0 aliphatic carbocycles. The van der Waals surface area contributed by atoms with E-state index in [-0.39, 0.29) is 13.0 Å². The summed E-state index contributed by atoms with van der Waals surface area (Å²) in [7, 11) is 0. The van der Waals surface area contributed by atoms with Crippen LogP contribution in [0.25, 0.3) is 0 Å². The number of rotatable bonds is 4. The van der Waals surface area contributed by atoms with Crippen LogP contribution in [0, 0.1) is 6.92 Å². The van der Waals surface area contributed by atoms with E-state index in [9.17, 15) is 13.2 Å². The first-order chi connectivity index (χ1) is 7.39. The highest BCUT2D eigenvalue weighted by Gasteiger charge is 2.37. The van der Waals surface area contributed by atoms with Crippen molar-refractivity contribution in [3.8, 4) is 0 Å². The van der Waals surface area contributed by atoms with Crippen LogP contribution in [0.2, 0.25) is 0 Å². The van der Waals surface area contributed by atoms with E-state index < -0.39 is 12.3 Å². The Balaban J connectivity index is 2.36. The molecule has 6 heteroatoms. The summed E-state index contributed by atoms with van der Waals surface area (Å²) in [5.41, 5.74) is 0.779. The second-order valence-corrected chi connectivity index (χ2v) is 3.44. The van der Waals surface area contributed by atoms with E-state index in [1.54, 1.807) is 25.1 Å². The third-order valence-electron chi connectivity index (χ3n) is 1.99. The molecule has 3 nitrogen and oxygen atoms in total. The highest BCUT2D eigenvalue weighted by molar-refractivity contribution is 5.34. The van der Waals surface area contributed by atoms with Gasteiger partial charge in [-0.3, -0.25) is 0 Å². The van der Waals surface area contributed by atoms with E-state index in [1.165, 1.54) is 0 Å². The van der Waals surface area contributed by atoms with E-state index in [0.717, 1.165) is 5.69 Å². The monoisotopic (exact) mass is 234 g/mol. The maximum absolute atomic E-state index is 11.9. The number of pyridine rings is 1. The smallest absolute Gasteiger partial charge is 0.384 e. The fourth-order valence-corrected chi connectivity index (χ4v) is 1.14. The van der Waals surface area contributed by atoms with Crippen LogP contribution in [0.3, 0.4) is 0 Å². The largest absolute Gasteiger partial charge is 0.414 e. The number of halogens is 3. The number of hydrogen-bond donors (Lipinski definition) is 2. The molecule has 0 aromatic carbocycles. The van der Waals surface area contributed by atoms with E-state index in [2.05, 4.69) is 10.3 Å². The number of hydrogen-bond acceptors (Lipinski definition) is 3. The molecule has 0 saturated heterocycles. The number of anilines is 1. The molecule has 0 fully saturated rings. The van der Waals surface area contributed by atoms with Crippen molar-refractivity contribution in [3.63, 3.8) is 0 Å². The number of aromatic nitrogens is 1. The van der Waals surface area contributed by atoms with Gasteiger partial charge in [-0.15, -0.1) is 0 Å². The lowest BCUT2D eigenvalue weighted by atomic mass is 10.2. The number of aryl methyl sites for hydroxylation is 1. The SMILES string of the molecule is Cc1cccc(NCCC(O)C(F)(F)F)n1. The van der Waals surface area contributed by atoms with Gasteiger partial charge in [-0.1, -0.05) is 6.07 Å². The van der Waals surface area contributed by atoms with E-state index in [4.69, 9.17) is 5.11 Å². The van der Waals surface area contributed by atoms with Crippen LogP contribution >= 0.6 is 0 Å². The Bertz CT molecular complexity index is 341. The molecule has 90 valence electrons. The highest BCUT2D eigenvalue weighted by atomic mass is 19.4. The molecule has 0 aliphatic rings. The average Bonchev–Trinajstić information content (AvgIpc) is 2.16. The van der Waals surface area contributed by atoms with Crippen LogP contribution in [0.5, 0.6) is 0 Å². The molecule has 1 atom stereocenters. The maximum atomic E-state index is 11.9. The molecule has 0 saturated carbocycles. The van der Waals surface area contributed by atoms with Crippen molar-refractivity contribution in [1.29, 1.82) is 0 Å². The molecule has 1 aromatic heterocycles. The quantitative estimate of drug-likeness (QED) is 0.838. The van der Waals surface area contributed by atoms with Crippen LogP contribution in [-0.4, -0.2) is 28.9 Å². The van der Waals surface area contributed by atoms with Gasteiger partial charge in [0.25, 0.3) is 0 Å². The van der Waals surface area contributed by atoms with Crippen molar-refractivity contribution >= 4 is 5.82 Å². The first-order valence-corrected chi connectivity index (χ1v) is 4.82. The predicted octanol–water partition coefficient (Wildman–Crippen LogP) is 2.12. The topological polar surface area (TPSA) is 45.1 Å². The van der Waals surface area contributed by atoms with Crippen molar-refractivity contribution in [2.75, 3.05) is 11.9 Å². The molecular weight excluding hydrogens is 221 g/mol. The lowest BCUT2D eigenvalue weighted by molar-refractivity contribution is -0.204. The maximum Gasteiger partial charge on any atom is 0.414 e. The van der Waals surface area contributed by atoms with Crippen molar-refractivity contribution < 1.29 is 18.3 Å². The van der Waals surface area contributed by atoms with Gasteiger partial charge in [-0.25, -0.2) is 4.98 Å². The number of aliphatic hydroxyl groups is 1. The van der Waals surface area contributed by atoms with Crippen molar-refractivity contribution in [1.82, 2.24) is 4.98 Å². The van der Waals surface area contributed by atoms with E-state index in [0.29, 0.717) is 5.82 Å². The van der Waals surface area contributed by atoms with E-state index in [1.807, 2.05) is 0 Å². The zero-order valence-corrected chi connectivity index (χ0v) is 8.75. The average molecular weight is 234 g/mol. The lowest BCUT2D eigenvalue weighted by Crippen LogP contribution is -2.30. The Kier molecular flexibility index (Phi) is 4.12. The van der Waals surface area contributed by atoms with Gasteiger partial charge in [-0.05, 0) is 25.5 Å². The van der Waals surface area contributed by atoms with Gasteiger partial charge in [-0.2, -0.15) is 13.2 Å². The molecule has 0 radical (unpaired) electrons. The third kappa shape index (κ3) is 4.06. The van der Waals surface area contributed by atoms with E-state index >= 15 is 0 Å². The second-order valence-electron chi connectivity index (χ2n) is 3.44. The summed E-state index contributed by atoms with van der Waals surface area (Å²) in [6.07, 6.45) is -7.23. The molecule has 0 amide bonds. The minimum Gasteiger partial charge on any atom is -0.384 e. The molecule has 0 spiro atoms. The molecule has 0 bridgehead atoms. The van der Waals surface area contributed by atoms with Crippen molar-refractivity contribution in [2.45, 2.75) is 25.6 Å². The molecule has 2 N–H and O–H groups in total. The summed E-state index contributed by atoms with van der Waals surface area (Å²) in [6.45, 7) is 1.81. The summed E-state index contributed by atoms with van der Waals surface area (Å²) in [6, 6.07) is 5.20. The van der Waals surface area contributed by atoms with Crippen molar-refractivity contribution in [3.05, 3.63) is 23.9 Å². The zero-order chi connectivity index (χ0) is 12.2. The summed E-state index contributed by atoms with van der Waals surface area (Å²) < 4.78 is 35.8. The van der Waals surface area contributed by atoms with Gasteiger partial charge < -0.3 is 10.4 Å². The number of aliphatic hydroxyl groups excluding tert-OH is 1.